The molecule has 0 spiro atoms. The zero-order valence-electron chi connectivity index (χ0n) is 22.5. The van der Waals surface area contributed by atoms with E-state index < -0.39 is 30.0 Å². The molecule has 1 aliphatic rings. The lowest BCUT2D eigenvalue weighted by molar-refractivity contribution is -0.116. The number of fused-ring (bicyclic) bond motifs is 1. The average Bonchev–Trinajstić information content (AvgIpc) is 3.49. The fraction of sp³-hybridized carbons (Fsp3) is 0.483. The van der Waals surface area contributed by atoms with Crippen LogP contribution < -0.4 is 5.32 Å². The first kappa shape index (κ1) is 29.1. The maximum absolute atomic E-state index is 14.5. The van der Waals surface area contributed by atoms with Crippen molar-refractivity contribution in [2.45, 2.75) is 89.1 Å². The molecule has 0 aliphatic carbocycles. The molecular formula is C29H34FN5O5. The van der Waals surface area contributed by atoms with Crippen LogP contribution in [0.2, 0.25) is 0 Å². The minimum absolute atomic E-state index is 0.0243. The SMILES string of the molecule is C#C[C@@]1(Cc2ccccc2C(=O)O)O[C@@H](n2cnc3c(NC(=O)CCCCCCCCC)nc(F)nc32)C[C@@H]1O. The van der Waals surface area contributed by atoms with Crippen molar-refractivity contribution in [3.63, 3.8) is 0 Å². The van der Waals surface area contributed by atoms with Gasteiger partial charge in [0.1, 0.15) is 6.23 Å². The first-order valence-electron chi connectivity index (χ1n) is 13.6. The van der Waals surface area contributed by atoms with Gasteiger partial charge in [-0.2, -0.15) is 14.4 Å². The number of carboxylic acid groups (broad SMARTS) is 1. The number of carbonyl (C=O) groups is 2. The molecule has 3 aromatic rings. The number of aromatic carboxylic acids is 1. The van der Waals surface area contributed by atoms with Crippen LogP contribution in [0.4, 0.5) is 10.2 Å². The van der Waals surface area contributed by atoms with Crippen LogP contribution in [-0.2, 0) is 16.0 Å². The van der Waals surface area contributed by atoms with E-state index in [1.807, 2.05) is 0 Å². The topological polar surface area (TPSA) is 139 Å². The van der Waals surface area contributed by atoms with E-state index in [4.69, 9.17) is 11.2 Å². The van der Waals surface area contributed by atoms with Gasteiger partial charge in [0.2, 0.25) is 5.91 Å². The fourth-order valence-corrected chi connectivity index (χ4v) is 5.05. The summed E-state index contributed by atoms with van der Waals surface area (Å²) >= 11 is 0. The highest BCUT2D eigenvalue weighted by atomic mass is 19.1. The molecule has 2 aromatic heterocycles. The summed E-state index contributed by atoms with van der Waals surface area (Å²) in [6, 6.07) is 6.34. The number of aliphatic hydroxyl groups excluding tert-OH is 1. The van der Waals surface area contributed by atoms with E-state index in [9.17, 15) is 24.2 Å². The van der Waals surface area contributed by atoms with Crippen molar-refractivity contribution in [3.8, 4) is 12.3 Å². The molecule has 3 atom stereocenters. The van der Waals surface area contributed by atoms with Crippen LogP contribution in [0.5, 0.6) is 0 Å². The molecule has 1 saturated heterocycles. The summed E-state index contributed by atoms with van der Waals surface area (Å²) in [6.45, 7) is 2.17. The van der Waals surface area contributed by atoms with E-state index in [-0.39, 0.29) is 47.7 Å². The number of rotatable bonds is 13. The number of imidazole rings is 1. The van der Waals surface area contributed by atoms with Crippen molar-refractivity contribution in [2.24, 2.45) is 0 Å². The maximum atomic E-state index is 14.5. The Bertz CT molecular complexity index is 1400. The first-order chi connectivity index (χ1) is 19.3. The predicted molar refractivity (Wildman–Crippen MR) is 146 cm³/mol. The smallest absolute Gasteiger partial charge is 0.335 e. The van der Waals surface area contributed by atoms with Gasteiger partial charge in [0, 0.05) is 19.3 Å². The molecule has 3 heterocycles. The van der Waals surface area contributed by atoms with Gasteiger partial charge in [-0.25, -0.2) is 9.78 Å². The number of hydrogen-bond donors (Lipinski definition) is 3. The van der Waals surface area contributed by atoms with E-state index in [1.165, 1.54) is 36.2 Å². The third-order valence-electron chi connectivity index (χ3n) is 7.22. The predicted octanol–water partition coefficient (Wildman–Crippen LogP) is 4.64. The Morgan fingerprint density at radius 2 is 1.93 bits per heavy atom. The molecule has 1 aliphatic heterocycles. The van der Waals surface area contributed by atoms with Crippen LogP contribution in [0.25, 0.3) is 11.2 Å². The molecule has 4 rings (SSSR count). The largest absolute Gasteiger partial charge is 0.478 e. The molecule has 0 unspecified atom stereocenters. The highest BCUT2D eigenvalue weighted by Crippen LogP contribution is 2.40. The fourth-order valence-electron chi connectivity index (χ4n) is 5.05. The van der Waals surface area contributed by atoms with Gasteiger partial charge >= 0.3 is 12.0 Å². The summed E-state index contributed by atoms with van der Waals surface area (Å²) in [6.07, 6.45) is 11.8. The van der Waals surface area contributed by atoms with Crippen LogP contribution in [0.3, 0.4) is 0 Å². The number of aromatic nitrogens is 4. The number of anilines is 1. The number of benzene rings is 1. The third-order valence-corrected chi connectivity index (χ3v) is 7.22. The van der Waals surface area contributed by atoms with Crippen LogP contribution in [0.15, 0.2) is 30.6 Å². The second kappa shape index (κ2) is 13.0. The van der Waals surface area contributed by atoms with Gasteiger partial charge in [-0.05, 0) is 18.1 Å². The first-order valence-corrected chi connectivity index (χ1v) is 13.6. The van der Waals surface area contributed by atoms with E-state index in [1.54, 1.807) is 18.2 Å². The number of unbranched alkanes of at least 4 members (excludes halogenated alkanes) is 6. The molecule has 3 N–H and O–H groups in total. The highest BCUT2D eigenvalue weighted by Gasteiger charge is 2.48. The number of halogens is 1. The van der Waals surface area contributed by atoms with Crippen molar-refractivity contribution in [1.82, 2.24) is 19.5 Å². The zero-order valence-corrected chi connectivity index (χ0v) is 22.5. The number of aliphatic hydroxyl groups is 1. The number of hydrogen-bond acceptors (Lipinski definition) is 7. The van der Waals surface area contributed by atoms with Gasteiger partial charge in [-0.1, -0.05) is 69.6 Å². The Morgan fingerprint density at radius 1 is 1.20 bits per heavy atom. The second-order valence-electron chi connectivity index (χ2n) is 10.1. The number of amides is 1. The van der Waals surface area contributed by atoms with Gasteiger partial charge < -0.3 is 20.3 Å². The number of carbonyl (C=O) groups excluding carboxylic acids is 1. The quantitative estimate of drug-likeness (QED) is 0.159. The molecule has 0 saturated carbocycles. The number of terminal acetylenes is 1. The number of ether oxygens (including phenoxy) is 1. The maximum Gasteiger partial charge on any atom is 0.335 e. The zero-order chi connectivity index (χ0) is 28.7. The van der Waals surface area contributed by atoms with Crippen LogP contribution >= 0.6 is 0 Å². The molecular weight excluding hydrogens is 517 g/mol. The van der Waals surface area contributed by atoms with E-state index in [0.717, 1.165) is 25.7 Å². The van der Waals surface area contributed by atoms with E-state index in [0.29, 0.717) is 5.56 Å². The van der Waals surface area contributed by atoms with Crippen molar-refractivity contribution in [2.75, 3.05) is 5.32 Å². The summed E-state index contributed by atoms with van der Waals surface area (Å²) < 4.78 is 22.0. The molecule has 11 heteroatoms. The van der Waals surface area contributed by atoms with Crippen LogP contribution in [0, 0.1) is 18.4 Å². The van der Waals surface area contributed by atoms with Gasteiger partial charge in [0.05, 0.1) is 18.0 Å². The number of nitrogens with zero attached hydrogens (tertiary/aromatic N) is 4. The summed E-state index contributed by atoms with van der Waals surface area (Å²) in [7, 11) is 0. The normalized spacial score (nSPS) is 20.4. The Labute approximate surface area is 232 Å². The Morgan fingerprint density at radius 3 is 2.65 bits per heavy atom. The van der Waals surface area contributed by atoms with E-state index in [2.05, 4.69) is 33.1 Å². The molecule has 1 aromatic carbocycles. The number of carboxylic acids is 1. The average molecular weight is 552 g/mol. The van der Waals surface area contributed by atoms with E-state index >= 15 is 0 Å². The summed E-state index contributed by atoms with van der Waals surface area (Å²) in [5.41, 5.74) is -0.846. The van der Waals surface area contributed by atoms with Gasteiger partial charge in [-0.3, -0.25) is 9.36 Å². The monoisotopic (exact) mass is 551 g/mol. The lowest BCUT2D eigenvalue weighted by Crippen LogP contribution is -2.40. The van der Waals surface area contributed by atoms with Crippen molar-refractivity contribution in [3.05, 3.63) is 47.8 Å². The van der Waals surface area contributed by atoms with Crippen molar-refractivity contribution < 1.29 is 28.9 Å². The minimum Gasteiger partial charge on any atom is -0.478 e. The van der Waals surface area contributed by atoms with Crippen molar-refractivity contribution >= 4 is 28.9 Å². The van der Waals surface area contributed by atoms with Crippen molar-refractivity contribution in [1.29, 1.82) is 0 Å². The van der Waals surface area contributed by atoms with Gasteiger partial charge in [-0.15, -0.1) is 6.42 Å². The Hall–Kier alpha value is -3.88. The van der Waals surface area contributed by atoms with Crippen LogP contribution in [-0.4, -0.2) is 53.3 Å². The van der Waals surface area contributed by atoms with Crippen LogP contribution in [0.1, 0.15) is 86.9 Å². The summed E-state index contributed by atoms with van der Waals surface area (Å²) in [4.78, 5) is 36.1. The summed E-state index contributed by atoms with van der Waals surface area (Å²) in [5, 5.41) is 23.1. The summed E-state index contributed by atoms with van der Waals surface area (Å²) in [5.74, 6) is 1.04. The molecule has 0 radical (unpaired) electrons. The molecule has 40 heavy (non-hydrogen) atoms. The lowest BCUT2D eigenvalue weighted by atomic mass is 9.88. The molecule has 1 amide bonds. The van der Waals surface area contributed by atoms with Gasteiger partial charge in [0.25, 0.3) is 0 Å². The molecule has 10 nitrogen and oxygen atoms in total. The Kier molecular flexibility index (Phi) is 9.45. The second-order valence-corrected chi connectivity index (χ2v) is 10.1. The Balaban J connectivity index is 1.48. The standard InChI is InChI=1S/C29H34FN5O5/c1-3-5-6-7-8-9-10-15-22(37)32-25-24-26(34-28(30)33-25)35(18-31-24)23-16-21(36)29(4-2,40-23)17-19-13-11-12-14-20(19)27(38)39/h2,11-14,18,21,23,36H,3,5-10,15-17H2,1H3,(H,38,39)(H,32,33,34,37)/t21-,23+,29-/m0/s1. The molecule has 1 fully saturated rings. The highest BCUT2D eigenvalue weighted by molar-refractivity contribution is 5.96. The molecule has 212 valence electrons. The van der Waals surface area contributed by atoms with Gasteiger partial charge in [0.15, 0.2) is 22.6 Å². The third kappa shape index (κ3) is 6.46. The number of nitrogens with one attached hydrogen (secondary N) is 1. The minimum atomic E-state index is -1.54. The lowest BCUT2D eigenvalue weighted by Gasteiger charge is -2.27. The molecule has 0 bridgehead atoms.